The summed E-state index contributed by atoms with van der Waals surface area (Å²) in [6, 6.07) is 11.2. The maximum atomic E-state index is 13.0. The van der Waals surface area contributed by atoms with E-state index in [0.717, 1.165) is 12.1 Å². The molecule has 0 N–H and O–H groups in total. The summed E-state index contributed by atoms with van der Waals surface area (Å²) in [4.78, 5) is 23.6. The predicted octanol–water partition coefficient (Wildman–Crippen LogP) is 3.42. The summed E-state index contributed by atoms with van der Waals surface area (Å²) in [5.74, 6) is -3.01. The molecule has 0 atom stereocenters. The van der Waals surface area contributed by atoms with Crippen molar-refractivity contribution in [3.8, 4) is 0 Å². The van der Waals surface area contributed by atoms with Crippen LogP contribution in [0.3, 0.4) is 0 Å². The molecule has 0 aromatic heterocycles. The summed E-state index contributed by atoms with van der Waals surface area (Å²) in [6.07, 6.45) is -0.366. The molecule has 0 radical (unpaired) electrons. The van der Waals surface area contributed by atoms with Crippen molar-refractivity contribution in [1.82, 2.24) is 0 Å². The number of hydrogen-bond acceptors (Lipinski definition) is 2. The maximum Gasteiger partial charge on any atom is 0.170 e. The Morgan fingerprint density at radius 3 is 2.05 bits per heavy atom. The van der Waals surface area contributed by atoms with Crippen LogP contribution in [0.2, 0.25) is 0 Å². The van der Waals surface area contributed by atoms with Gasteiger partial charge in [0.25, 0.3) is 0 Å². The lowest BCUT2D eigenvalue weighted by Gasteiger charge is -2.02. The number of carbonyl (C=O) groups is 2. The summed E-state index contributed by atoms with van der Waals surface area (Å²) in [7, 11) is 0. The van der Waals surface area contributed by atoms with Gasteiger partial charge in [-0.05, 0) is 18.2 Å². The van der Waals surface area contributed by atoms with E-state index in [0.29, 0.717) is 5.56 Å². The lowest BCUT2D eigenvalue weighted by atomic mass is 10.0. The van der Waals surface area contributed by atoms with Crippen LogP contribution in [-0.2, 0) is 0 Å². The Hall–Kier alpha value is -2.36. The Labute approximate surface area is 108 Å². The van der Waals surface area contributed by atoms with Gasteiger partial charge in [0.2, 0.25) is 0 Å². The van der Waals surface area contributed by atoms with Crippen molar-refractivity contribution in [1.29, 1.82) is 0 Å². The molecule has 0 saturated heterocycles. The standard InChI is InChI=1S/C15H10F2O2/c16-12-7-6-11(8-13(12)17)15(19)9-14(18)10-4-2-1-3-5-10/h1-8H,9H2. The van der Waals surface area contributed by atoms with Gasteiger partial charge in [-0.15, -0.1) is 0 Å². The normalized spacial score (nSPS) is 10.2. The van der Waals surface area contributed by atoms with Gasteiger partial charge < -0.3 is 0 Å². The van der Waals surface area contributed by atoms with Gasteiger partial charge in [0.15, 0.2) is 23.2 Å². The molecule has 2 aromatic rings. The quantitative estimate of drug-likeness (QED) is 0.623. The van der Waals surface area contributed by atoms with Crippen LogP contribution in [0.25, 0.3) is 0 Å². The van der Waals surface area contributed by atoms with Crippen molar-refractivity contribution in [2.45, 2.75) is 6.42 Å². The van der Waals surface area contributed by atoms with Crippen LogP contribution in [0.1, 0.15) is 27.1 Å². The minimum absolute atomic E-state index is 0.0109. The van der Waals surface area contributed by atoms with Crippen molar-refractivity contribution in [2.75, 3.05) is 0 Å². The SMILES string of the molecule is O=C(CC(=O)c1ccc(F)c(F)c1)c1ccccc1. The molecule has 0 aliphatic heterocycles. The average molecular weight is 260 g/mol. The molecule has 2 aromatic carbocycles. The fraction of sp³-hybridized carbons (Fsp3) is 0.0667. The van der Waals surface area contributed by atoms with Crippen LogP contribution >= 0.6 is 0 Å². The largest absolute Gasteiger partial charge is 0.294 e. The minimum atomic E-state index is -1.10. The first-order valence-electron chi connectivity index (χ1n) is 5.64. The third kappa shape index (κ3) is 3.10. The molecule has 96 valence electrons. The van der Waals surface area contributed by atoms with Gasteiger partial charge in [-0.2, -0.15) is 0 Å². The molecule has 2 rings (SSSR count). The molecular formula is C15H10F2O2. The van der Waals surface area contributed by atoms with Crippen molar-refractivity contribution < 1.29 is 18.4 Å². The number of carbonyl (C=O) groups excluding carboxylic acids is 2. The van der Waals surface area contributed by atoms with Crippen molar-refractivity contribution in [3.05, 3.63) is 71.3 Å². The molecule has 0 fully saturated rings. The van der Waals surface area contributed by atoms with E-state index in [1.54, 1.807) is 30.3 Å². The smallest absolute Gasteiger partial charge is 0.170 e. The van der Waals surface area contributed by atoms with Crippen molar-refractivity contribution in [3.63, 3.8) is 0 Å². The van der Waals surface area contributed by atoms with E-state index in [-0.39, 0.29) is 17.8 Å². The second-order valence-corrected chi connectivity index (χ2v) is 4.02. The van der Waals surface area contributed by atoms with E-state index in [1.807, 2.05) is 0 Å². The molecule has 0 unspecified atom stereocenters. The lowest BCUT2D eigenvalue weighted by Crippen LogP contribution is -2.09. The number of halogens is 2. The highest BCUT2D eigenvalue weighted by Crippen LogP contribution is 2.12. The van der Waals surface area contributed by atoms with Crippen LogP contribution in [0.4, 0.5) is 8.78 Å². The molecule has 0 bridgehead atoms. The molecule has 2 nitrogen and oxygen atoms in total. The van der Waals surface area contributed by atoms with Gasteiger partial charge in [-0.25, -0.2) is 8.78 Å². The molecule has 0 spiro atoms. The van der Waals surface area contributed by atoms with Gasteiger partial charge in [0, 0.05) is 11.1 Å². The lowest BCUT2D eigenvalue weighted by molar-refractivity contribution is 0.0894. The van der Waals surface area contributed by atoms with E-state index in [4.69, 9.17) is 0 Å². The topological polar surface area (TPSA) is 34.1 Å². The van der Waals surface area contributed by atoms with Gasteiger partial charge in [-0.3, -0.25) is 9.59 Å². The fourth-order valence-electron chi connectivity index (χ4n) is 1.64. The number of hydrogen-bond donors (Lipinski definition) is 0. The summed E-state index contributed by atoms with van der Waals surface area (Å²) < 4.78 is 25.7. The zero-order chi connectivity index (χ0) is 13.8. The van der Waals surface area contributed by atoms with Gasteiger partial charge in [0.05, 0.1) is 6.42 Å². The third-order valence-electron chi connectivity index (χ3n) is 2.66. The molecule has 0 aliphatic rings. The summed E-state index contributed by atoms with van der Waals surface area (Å²) in [5, 5.41) is 0. The van der Waals surface area contributed by atoms with Crippen LogP contribution in [0.15, 0.2) is 48.5 Å². The van der Waals surface area contributed by atoms with Crippen molar-refractivity contribution >= 4 is 11.6 Å². The second kappa shape index (κ2) is 5.52. The van der Waals surface area contributed by atoms with Crippen LogP contribution < -0.4 is 0 Å². The molecular weight excluding hydrogens is 250 g/mol. The molecule has 0 saturated carbocycles. The van der Waals surface area contributed by atoms with Crippen LogP contribution in [0.5, 0.6) is 0 Å². The zero-order valence-electron chi connectivity index (χ0n) is 9.90. The van der Waals surface area contributed by atoms with Crippen LogP contribution in [0, 0.1) is 11.6 Å². The Bertz CT molecular complexity index is 621. The number of ketones is 2. The Kier molecular flexibility index (Phi) is 3.80. The number of Topliss-reactive ketones (excluding diaryl/α,β-unsaturated/α-hetero) is 2. The highest BCUT2D eigenvalue weighted by Gasteiger charge is 2.15. The Morgan fingerprint density at radius 1 is 0.789 bits per heavy atom. The molecule has 19 heavy (non-hydrogen) atoms. The van der Waals surface area contributed by atoms with Gasteiger partial charge >= 0.3 is 0 Å². The maximum absolute atomic E-state index is 13.0. The number of rotatable bonds is 4. The first-order valence-corrected chi connectivity index (χ1v) is 5.64. The average Bonchev–Trinajstić information content (AvgIpc) is 2.42. The molecule has 0 heterocycles. The van der Waals surface area contributed by atoms with E-state index in [9.17, 15) is 18.4 Å². The summed E-state index contributed by atoms with van der Waals surface area (Å²) in [6.45, 7) is 0. The third-order valence-corrected chi connectivity index (χ3v) is 2.66. The van der Waals surface area contributed by atoms with Gasteiger partial charge in [-0.1, -0.05) is 30.3 Å². The fourth-order valence-corrected chi connectivity index (χ4v) is 1.64. The second-order valence-electron chi connectivity index (χ2n) is 4.02. The van der Waals surface area contributed by atoms with Crippen LogP contribution in [-0.4, -0.2) is 11.6 Å². The van der Waals surface area contributed by atoms with Crippen molar-refractivity contribution in [2.24, 2.45) is 0 Å². The zero-order valence-corrected chi connectivity index (χ0v) is 9.90. The number of benzene rings is 2. The summed E-state index contributed by atoms with van der Waals surface area (Å²) >= 11 is 0. The highest BCUT2D eigenvalue weighted by atomic mass is 19.2. The van der Waals surface area contributed by atoms with E-state index in [2.05, 4.69) is 0 Å². The molecule has 0 amide bonds. The summed E-state index contributed by atoms with van der Waals surface area (Å²) in [5.41, 5.74) is 0.404. The molecule has 4 heteroatoms. The highest BCUT2D eigenvalue weighted by molar-refractivity contribution is 6.13. The van der Waals surface area contributed by atoms with E-state index in [1.165, 1.54) is 6.07 Å². The minimum Gasteiger partial charge on any atom is -0.294 e. The van der Waals surface area contributed by atoms with Gasteiger partial charge in [0.1, 0.15) is 0 Å². The van der Waals surface area contributed by atoms with E-state index < -0.39 is 17.4 Å². The monoisotopic (exact) mass is 260 g/mol. The molecule has 0 aliphatic carbocycles. The Morgan fingerprint density at radius 2 is 1.42 bits per heavy atom. The first-order chi connectivity index (χ1) is 9.08. The van der Waals surface area contributed by atoms with E-state index >= 15 is 0 Å². The first kappa shape index (κ1) is 13.1. The Balaban J connectivity index is 2.13. The predicted molar refractivity (Wildman–Crippen MR) is 66.1 cm³/mol.